The highest BCUT2D eigenvalue weighted by Gasteiger charge is 2.27. The minimum Gasteiger partial charge on any atom is -0.481 e. The van der Waals surface area contributed by atoms with Crippen LogP contribution in [-0.2, 0) is 4.79 Å². The minimum absolute atomic E-state index is 0.307. The van der Waals surface area contributed by atoms with Crippen LogP contribution in [0.25, 0.3) is 0 Å². The van der Waals surface area contributed by atoms with Gasteiger partial charge in [-0.2, -0.15) is 0 Å². The lowest BCUT2D eigenvalue weighted by atomic mass is 9.84. The van der Waals surface area contributed by atoms with Gasteiger partial charge in [-0.3, -0.25) is 9.69 Å². The van der Waals surface area contributed by atoms with Crippen molar-refractivity contribution in [1.82, 2.24) is 4.90 Å². The Labute approximate surface area is 104 Å². The smallest absolute Gasteiger partial charge is 0.304 e. The predicted octanol–water partition coefficient (Wildman–Crippen LogP) is 2.90. The Hall–Kier alpha value is -0.570. The maximum Gasteiger partial charge on any atom is 0.304 e. The number of carboxylic acids is 1. The highest BCUT2D eigenvalue weighted by atomic mass is 16.4. The second kappa shape index (κ2) is 6.39. The molecule has 3 heteroatoms. The van der Waals surface area contributed by atoms with Crippen molar-refractivity contribution in [1.29, 1.82) is 0 Å². The molecule has 17 heavy (non-hydrogen) atoms. The molecule has 2 aliphatic rings. The third-order valence-corrected chi connectivity index (χ3v) is 4.44. The highest BCUT2D eigenvalue weighted by molar-refractivity contribution is 5.66. The maximum absolute atomic E-state index is 10.6. The number of aliphatic carboxylic acids is 1. The van der Waals surface area contributed by atoms with E-state index in [1.54, 1.807) is 0 Å². The van der Waals surface area contributed by atoms with Crippen molar-refractivity contribution in [2.24, 2.45) is 5.92 Å². The first-order valence-electron chi connectivity index (χ1n) is 7.21. The molecule has 98 valence electrons. The van der Waals surface area contributed by atoms with Crippen LogP contribution in [-0.4, -0.2) is 35.1 Å². The normalized spacial score (nSPS) is 27.4. The topological polar surface area (TPSA) is 40.5 Å². The van der Waals surface area contributed by atoms with Gasteiger partial charge < -0.3 is 5.11 Å². The van der Waals surface area contributed by atoms with E-state index >= 15 is 0 Å². The van der Waals surface area contributed by atoms with E-state index in [0.29, 0.717) is 12.5 Å². The number of carbonyl (C=O) groups is 1. The van der Waals surface area contributed by atoms with Crippen LogP contribution in [0.1, 0.15) is 57.8 Å². The first-order valence-corrected chi connectivity index (χ1v) is 7.21. The van der Waals surface area contributed by atoms with E-state index in [9.17, 15) is 4.79 Å². The average Bonchev–Trinajstić information content (AvgIpc) is 2.75. The quantitative estimate of drug-likeness (QED) is 0.802. The van der Waals surface area contributed by atoms with Crippen LogP contribution in [0.5, 0.6) is 0 Å². The zero-order valence-corrected chi connectivity index (χ0v) is 10.7. The van der Waals surface area contributed by atoms with E-state index in [1.807, 2.05) is 0 Å². The van der Waals surface area contributed by atoms with Crippen molar-refractivity contribution in [3.63, 3.8) is 0 Å². The number of carboxylic acid groups (broad SMARTS) is 1. The molecule has 1 saturated carbocycles. The predicted molar refractivity (Wildman–Crippen MR) is 68.0 cm³/mol. The SMILES string of the molecule is O=C(O)CCN1CCC[C@@H]1CC1CCCCC1. The highest BCUT2D eigenvalue weighted by Crippen LogP contribution is 2.31. The molecule has 1 aliphatic heterocycles. The summed E-state index contributed by atoms with van der Waals surface area (Å²) in [6.45, 7) is 1.87. The summed E-state index contributed by atoms with van der Waals surface area (Å²) in [5.41, 5.74) is 0. The van der Waals surface area contributed by atoms with Gasteiger partial charge in [0, 0.05) is 12.6 Å². The van der Waals surface area contributed by atoms with Crippen molar-refractivity contribution < 1.29 is 9.90 Å². The first-order chi connectivity index (χ1) is 8.25. The number of hydrogen-bond acceptors (Lipinski definition) is 2. The summed E-state index contributed by atoms with van der Waals surface area (Å²) in [5, 5.41) is 8.75. The lowest BCUT2D eigenvalue weighted by Crippen LogP contribution is -2.33. The average molecular weight is 239 g/mol. The van der Waals surface area contributed by atoms with Gasteiger partial charge >= 0.3 is 5.97 Å². The molecule has 1 aliphatic carbocycles. The Balaban J connectivity index is 1.75. The molecule has 0 amide bonds. The molecular weight excluding hydrogens is 214 g/mol. The summed E-state index contributed by atoms with van der Waals surface area (Å²) >= 11 is 0. The van der Waals surface area contributed by atoms with E-state index in [0.717, 1.165) is 19.0 Å². The molecule has 0 unspecified atom stereocenters. The van der Waals surface area contributed by atoms with Crippen LogP contribution in [0.4, 0.5) is 0 Å². The molecular formula is C14H25NO2. The van der Waals surface area contributed by atoms with Gasteiger partial charge in [-0.15, -0.1) is 0 Å². The molecule has 1 atom stereocenters. The monoisotopic (exact) mass is 239 g/mol. The van der Waals surface area contributed by atoms with E-state index in [-0.39, 0.29) is 0 Å². The number of hydrogen-bond donors (Lipinski definition) is 1. The van der Waals surface area contributed by atoms with Gasteiger partial charge in [-0.1, -0.05) is 32.1 Å². The van der Waals surface area contributed by atoms with Gasteiger partial charge in [-0.05, 0) is 31.7 Å². The molecule has 0 aromatic carbocycles. The molecule has 1 N–H and O–H groups in total. The number of likely N-dealkylation sites (tertiary alicyclic amines) is 1. The van der Waals surface area contributed by atoms with Gasteiger partial charge in [0.25, 0.3) is 0 Å². The second-order valence-corrected chi connectivity index (χ2v) is 5.72. The van der Waals surface area contributed by atoms with Crippen molar-refractivity contribution in [2.75, 3.05) is 13.1 Å². The van der Waals surface area contributed by atoms with Gasteiger partial charge in [0.2, 0.25) is 0 Å². The Kier molecular flexibility index (Phi) is 4.84. The van der Waals surface area contributed by atoms with Gasteiger partial charge in [0.05, 0.1) is 6.42 Å². The largest absolute Gasteiger partial charge is 0.481 e. The van der Waals surface area contributed by atoms with Crippen molar-refractivity contribution in [3.8, 4) is 0 Å². The van der Waals surface area contributed by atoms with E-state index in [1.165, 1.54) is 51.4 Å². The summed E-state index contributed by atoms with van der Waals surface area (Å²) in [4.78, 5) is 13.0. The molecule has 0 aromatic heterocycles. The lowest BCUT2D eigenvalue weighted by Gasteiger charge is -2.29. The van der Waals surface area contributed by atoms with Gasteiger partial charge in [0.15, 0.2) is 0 Å². The molecule has 1 heterocycles. The Bertz CT molecular complexity index is 249. The zero-order valence-electron chi connectivity index (χ0n) is 10.7. The van der Waals surface area contributed by atoms with E-state index in [4.69, 9.17) is 5.11 Å². The second-order valence-electron chi connectivity index (χ2n) is 5.72. The Morgan fingerprint density at radius 1 is 1.12 bits per heavy atom. The van der Waals surface area contributed by atoms with Crippen molar-refractivity contribution in [3.05, 3.63) is 0 Å². The molecule has 0 spiro atoms. The number of rotatable bonds is 5. The van der Waals surface area contributed by atoms with Gasteiger partial charge in [0.1, 0.15) is 0 Å². The third-order valence-electron chi connectivity index (χ3n) is 4.44. The third kappa shape index (κ3) is 3.98. The van der Waals surface area contributed by atoms with Crippen molar-refractivity contribution >= 4 is 5.97 Å². The van der Waals surface area contributed by atoms with Crippen LogP contribution in [0.2, 0.25) is 0 Å². The van der Waals surface area contributed by atoms with Crippen LogP contribution >= 0.6 is 0 Å². The standard InChI is InChI=1S/C14H25NO2/c16-14(17)8-10-15-9-4-7-13(15)11-12-5-2-1-3-6-12/h12-13H,1-11H2,(H,16,17)/t13-/m1/s1. The van der Waals surface area contributed by atoms with Crippen LogP contribution in [0.15, 0.2) is 0 Å². The van der Waals surface area contributed by atoms with Crippen LogP contribution in [0.3, 0.4) is 0 Å². The summed E-state index contributed by atoms with van der Waals surface area (Å²) in [5.74, 6) is 0.257. The molecule has 3 nitrogen and oxygen atoms in total. The van der Waals surface area contributed by atoms with Gasteiger partial charge in [-0.25, -0.2) is 0 Å². The fourth-order valence-electron chi connectivity index (χ4n) is 3.50. The minimum atomic E-state index is -0.659. The Morgan fingerprint density at radius 2 is 1.88 bits per heavy atom. The fourth-order valence-corrected chi connectivity index (χ4v) is 3.50. The summed E-state index contributed by atoms with van der Waals surface area (Å²) in [6.07, 6.45) is 11.2. The van der Waals surface area contributed by atoms with E-state index in [2.05, 4.69) is 4.90 Å². The molecule has 0 radical (unpaired) electrons. The Morgan fingerprint density at radius 3 is 2.59 bits per heavy atom. The zero-order chi connectivity index (χ0) is 12.1. The summed E-state index contributed by atoms with van der Waals surface area (Å²) in [6, 6.07) is 0.678. The first kappa shape index (κ1) is 12.9. The maximum atomic E-state index is 10.6. The molecule has 2 rings (SSSR count). The lowest BCUT2D eigenvalue weighted by molar-refractivity contribution is -0.137. The molecule has 0 bridgehead atoms. The van der Waals surface area contributed by atoms with E-state index < -0.39 is 5.97 Å². The molecule has 0 aromatic rings. The fraction of sp³-hybridized carbons (Fsp3) is 0.929. The summed E-state index contributed by atoms with van der Waals surface area (Å²) in [7, 11) is 0. The summed E-state index contributed by atoms with van der Waals surface area (Å²) < 4.78 is 0. The molecule has 2 fully saturated rings. The molecule has 1 saturated heterocycles. The van der Waals surface area contributed by atoms with Crippen LogP contribution < -0.4 is 0 Å². The number of nitrogens with zero attached hydrogens (tertiary/aromatic N) is 1. The van der Waals surface area contributed by atoms with Crippen LogP contribution in [0, 0.1) is 5.92 Å². The van der Waals surface area contributed by atoms with Crippen molar-refractivity contribution in [2.45, 2.75) is 63.8 Å².